The lowest BCUT2D eigenvalue weighted by atomic mass is 10.0. The number of hydrogen-bond donors (Lipinski definition) is 6. The van der Waals surface area contributed by atoms with Gasteiger partial charge in [-0.25, -0.2) is 20.0 Å². The van der Waals surface area contributed by atoms with Crippen LogP contribution in [0.3, 0.4) is 0 Å². The van der Waals surface area contributed by atoms with Gasteiger partial charge in [0.15, 0.2) is 0 Å². The van der Waals surface area contributed by atoms with Crippen LogP contribution in [-0.2, 0) is 30.5 Å². The van der Waals surface area contributed by atoms with E-state index in [2.05, 4.69) is 21.4 Å². The van der Waals surface area contributed by atoms with E-state index in [0.29, 0.717) is 17.7 Å². The number of imide groups is 1. The van der Waals surface area contributed by atoms with Crippen molar-refractivity contribution in [1.82, 2.24) is 21.1 Å². The first kappa shape index (κ1) is 28.8. The number of hydrogen-bond acceptors (Lipinski definition) is 8. The van der Waals surface area contributed by atoms with E-state index in [-0.39, 0.29) is 25.5 Å². The number of rotatable bonds is 13. The molecule has 2 atom stereocenters. The lowest BCUT2D eigenvalue weighted by molar-refractivity contribution is -0.143. The van der Waals surface area contributed by atoms with Crippen LogP contribution in [0.4, 0.5) is 15.3 Å². The molecule has 1 aliphatic heterocycles. The second kappa shape index (κ2) is 13.6. The Morgan fingerprint density at radius 1 is 0.973 bits per heavy atom. The summed E-state index contributed by atoms with van der Waals surface area (Å²) in [6, 6.07) is 3.67. The number of nitrogens with one attached hydrogen (secondary N) is 4. The molecule has 1 heterocycles. The molecular weight excluding hydrogens is 486 g/mol. The van der Waals surface area contributed by atoms with Crippen LogP contribution < -0.4 is 32.8 Å². The molecule has 0 saturated heterocycles. The molecule has 37 heavy (non-hydrogen) atoms. The van der Waals surface area contributed by atoms with Crippen LogP contribution in [0.15, 0.2) is 36.4 Å². The highest BCUT2D eigenvalue weighted by Gasteiger charge is 2.33. The number of anilines is 1. The fourth-order valence-corrected chi connectivity index (χ4v) is 3.29. The lowest BCUT2D eigenvalue weighted by Gasteiger charge is -2.28. The van der Waals surface area contributed by atoms with Gasteiger partial charge in [0.25, 0.3) is 11.8 Å². The molecule has 8 N–H and O–H groups in total. The van der Waals surface area contributed by atoms with Crippen LogP contribution in [-0.4, -0.2) is 59.4 Å². The van der Waals surface area contributed by atoms with Gasteiger partial charge in [0.2, 0.25) is 11.8 Å². The zero-order chi connectivity index (χ0) is 27.5. The molecule has 0 spiro atoms. The average molecular weight is 518 g/mol. The third-order valence-corrected chi connectivity index (χ3v) is 5.23. The second-order valence-corrected chi connectivity index (χ2v) is 8.48. The number of carbonyl (C=O) groups is 6. The third kappa shape index (κ3) is 9.25. The van der Waals surface area contributed by atoms with Gasteiger partial charge in [-0.05, 0) is 36.5 Å². The quantitative estimate of drug-likeness (QED) is 0.149. The first-order valence-corrected chi connectivity index (χ1v) is 11.5. The number of carbonyl (C=O) groups excluding carboxylic acids is 6. The summed E-state index contributed by atoms with van der Waals surface area (Å²) in [7, 11) is 0. The Morgan fingerprint density at radius 2 is 1.59 bits per heavy atom. The van der Waals surface area contributed by atoms with Gasteiger partial charge < -0.3 is 32.2 Å². The second-order valence-electron chi connectivity index (χ2n) is 8.48. The van der Waals surface area contributed by atoms with Crippen molar-refractivity contribution >= 4 is 41.4 Å². The average Bonchev–Trinajstić information content (AvgIpc) is 3.15. The number of nitrogens with two attached hydrogens (primary N) is 2. The number of nitrogens with zero attached hydrogens (tertiary/aromatic N) is 1. The summed E-state index contributed by atoms with van der Waals surface area (Å²) in [6.07, 6.45) is 1.72. The Morgan fingerprint density at radius 3 is 2.14 bits per heavy atom. The smallest absolute Gasteiger partial charge is 0.404 e. The molecule has 0 unspecified atom stereocenters. The number of urea groups is 1. The molecule has 0 bridgehead atoms. The minimum Gasteiger partial charge on any atom is -0.445 e. The van der Waals surface area contributed by atoms with E-state index in [1.807, 2.05) is 0 Å². The van der Waals surface area contributed by atoms with Gasteiger partial charge in [-0.15, -0.1) is 0 Å². The van der Waals surface area contributed by atoms with E-state index in [9.17, 15) is 28.8 Å². The van der Waals surface area contributed by atoms with Gasteiger partial charge in [0, 0.05) is 24.4 Å². The molecule has 14 nitrogen and oxygen atoms in total. The van der Waals surface area contributed by atoms with Crippen LogP contribution in [0.1, 0.15) is 32.3 Å². The maximum atomic E-state index is 13.1. The molecule has 14 heteroatoms. The summed E-state index contributed by atoms with van der Waals surface area (Å²) in [4.78, 5) is 71.7. The summed E-state index contributed by atoms with van der Waals surface area (Å²) < 4.78 is 4.71. The number of ether oxygens (including phenoxy) is 1. The van der Waals surface area contributed by atoms with E-state index in [4.69, 9.17) is 16.2 Å². The minimum atomic E-state index is -1.02. The van der Waals surface area contributed by atoms with Crippen molar-refractivity contribution in [3.63, 3.8) is 0 Å². The molecule has 0 saturated carbocycles. The molecule has 1 aromatic rings. The molecule has 1 aromatic carbocycles. The van der Waals surface area contributed by atoms with Gasteiger partial charge in [-0.1, -0.05) is 26.0 Å². The number of primary amides is 2. The predicted octanol–water partition coefficient (Wildman–Crippen LogP) is -0.392. The topological polar surface area (TPSA) is 215 Å². The molecule has 200 valence electrons. The summed E-state index contributed by atoms with van der Waals surface area (Å²) in [5.74, 6) is -2.72. The van der Waals surface area contributed by atoms with E-state index >= 15 is 0 Å². The molecule has 0 aromatic heterocycles. The highest BCUT2D eigenvalue weighted by molar-refractivity contribution is 6.12. The van der Waals surface area contributed by atoms with Crippen LogP contribution in [0, 0.1) is 5.92 Å². The monoisotopic (exact) mass is 517 g/mol. The van der Waals surface area contributed by atoms with E-state index in [0.717, 1.165) is 17.2 Å². The maximum Gasteiger partial charge on any atom is 0.404 e. The molecular formula is C23H31N7O7. The minimum absolute atomic E-state index is 0.0315. The van der Waals surface area contributed by atoms with Crippen molar-refractivity contribution in [3.8, 4) is 0 Å². The van der Waals surface area contributed by atoms with Crippen LogP contribution in [0.25, 0.3) is 0 Å². The largest absolute Gasteiger partial charge is 0.445 e. The molecule has 1 aliphatic rings. The lowest BCUT2D eigenvalue weighted by Crippen LogP contribution is -2.58. The Bertz CT molecular complexity index is 1040. The van der Waals surface area contributed by atoms with E-state index < -0.39 is 47.8 Å². The highest BCUT2D eigenvalue weighted by atomic mass is 16.5. The van der Waals surface area contributed by atoms with Crippen molar-refractivity contribution in [2.24, 2.45) is 17.4 Å². The van der Waals surface area contributed by atoms with Crippen LogP contribution in [0.2, 0.25) is 0 Å². The first-order valence-electron chi connectivity index (χ1n) is 11.5. The Hall–Kier alpha value is -4.46. The van der Waals surface area contributed by atoms with E-state index in [1.54, 1.807) is 38.1 Å². The number of hydrazine groups is 1. The fraction of sp³-hybridized carbons (Fsp3) is 0.391. The first-order chi connectivity index (χ1) is 17.5. The van der Waals surface area contributed by atoms with Crippen molar-refractivity contribution < 1.29 is 33.5 Å². The Kier molecular flexibility index (Phi) is 10.6. The molecule has 0 fully saturated rings. The third-order valence-electron chi connectivity index (χ3n) is 5.23. The zero-order valence-electron chi connectivity index (χ0n) is 20.5. The van der Waals surface area contributed by atoms with Crippen LogP contribution >= 0.6 is 0 Å². The summed E-state index contributed by atoms with van der Waals surface area (Å²) in [5.41, 5.74) is 13.7. The molecule has 2 rings (SSSR count). The SMILES string of the molecule is CC(C)[C@H](NN1C(=O)C=CC1=O)C(=O)N[C@@H](CCCNC(N)=O)C(=O)Nc1ccc(COC(N)=O)cc1. The van der Waals surface area contributed by atoms with Crippen molar-refractivity contribution in [2.45, 2.75) is 45.4 Å². The van der Waals surface area contributed by atoms with E-state index in [1.165, 1.54) is 0 Å². The molecule has 0 radical (unpaired) electrons. The molecule has 7 amide bonds. The van der Waals surface area contributed by atoms with Gasteiger partial charge in [0.1, 0.15) is 18.7 Å². The fourth-order valence-electron chi connectivity index (χ4n) is 3.29. The standard InChI is InChI=1S/C23H31N7O7/c1-13(2)19(29-30-17(31)9-10-18(30)32)21(34)28-16(4-3-11-26-22(24)35)20(33)27-15-7-5-14(6-8-15)12-37-23(25)36/h5-10,13,16,19,29H,3-4,11-12H2,1-2H3,(H2,25,36)(H,27,33)(H,28,34)(H3,24,26,35)/t16-,19-/m0/s1. The number of benzene rings is 1. The van der Waals surface area contributed by atoms with Crippen molar-refractivity contribution in [1.29, 1.82) is 0 Å². The Labute approximate surface area is 213 Å². The zero-order valence-corrected chi connectivity index (χ0v) is 20.5. The van der Waals surface area contributed by atoms with Crippen molar-refractivity contribution in [3.05, 3.63) is 42.0 Å². The maximum absolute atomic E-state index is 13.1. The van der Waals surface area contributed by atoms with Gasteiger partial charge in [-0.3, -0.25) is 19.2 Å². The van der Waals surface area contributed by atoms with Gasteiger partial charge in [0.05, 0.1) is 0 Å². The summed E-state index contributed by atoms with van der Waals surface area (Å²) in [5, 5.41) is 8.51. The summed E-state index contributed by atoms with van der Waals surface area (Å²) >= 11 is 0. The van der Waals surface area contributed by atoms with Crippen molar-refractivity contribution in [2.75, 3.05) is 11.9 Å². The normalized spacial score (nSPS) is 14.3. The molecule has 0 aliphatic carbocycles. The predicted molar refractivity (Wildman–Crippen MR) is 131 cm³/mol. The van der Waals surface area contributed by atoms with Crippen LogP contribution in [0.5, 0.6) is 0 Å². The van der Waals surface area contributed by atoms with Gasteiger partial charge in [-0.2, -0.15) is 0 Å². The Balaban J connectivity index is 2.09. The van der Waals surface area contributed by atoms with Gasteiger partial charge >= 0.3 is 12.1 Å². The number of amides is 7. The summed E-state index contributed by atoms with van der Waals surface area (Å²) in [6.45, 7) is 3.57. The highest BCUT2D eigenvalue weighted by Crippen LogP contribution is 2.13.